The van der Waals surface area contributed by atoms with Gasteiger partial charge in [0.15, 0.2) is 5.43 Å². The predicted octanol–water partition coefficient (Wildman–Crippen LogP) is 2.14. The molecular formula is C19H19FIN3O4. The molecule has 28 heavy (non-hydrogen) atoms. The summed E-state index contributed by atoms with van der Waals surface area (Å²) in [7, 11) is 3.18. The zero-order chi connectivity index (χ0) is 20.6. The maximum Gasteiger partial charge on any atom is 0.253 e. The van der Waals surface area contributed by atoms with Gasteiger partial charge in [0.2, 0.25) is 0 Å². The number of hydrogen-bond donors (Lipinski definition) is 3. The van der Waals surface area contributed by atoms with Crippen LogP contribution in [0.2, 0.25) is 0 Å². The number of aliphatic hydroxyl groups is 2. The predicted molar refractivity (Wildman–Crippen MR) is 113 cm³/mol. The molecule has 7 nitrogen and oxygen atoms in total. The van der Waals surface area contributed by atoms with Crippen molar-refractivity contribution in [1.29, 1.82) is 0 Å². The van der Waals surface area contributed by atoms with E-state index in [1.54, 1.807) is 17.7 Å². The minimum absolute atomic E-state index is 0.00101. The number of rotatable bonds is 5. The molecule has 3 aromatic rings. The van der Waals surface area contributed by atoms with Crippen LogP contribution in [0.15, 0.2) is 40.1 Å². The van der Waals surface area contributed by atoms with Crippen LogP contribution in [0, 0.1) is 9.39 Å². The Balaban J connectivity index is 2.31. The third-order valence-electron chi connectivity index (χ3n) is 4.53. The van der Waals surface area contributed by atoms with E-state index in [-0.39, 0.29) is 40.9 Å². The standard InChI is InChI=1S/C19H19FIN3O4/c1-23-9-11(15(26)5-6-25)18(28)17-14(8-16(27)24(2)19(17)23)22-13-4-3-10(21)7-12(13)20/h3-4,7-9,15,22,25-26H,5-6H2,1-2H3/t15-/m0/s1. The Hall–Kier alpha value is -2.24. The van der Waals surface area contributed by atoms with Gasteiger partial charge in [0.05, 0.1) is 22.9 Å². The maximum absolute atomic E-state index is 14.3. The molecule has 148 valence electrons. The molecule has 1 aromatic carbocycles. The van der Waals surface area contributed by atoms with Crippen molar-refractivity contribution < 1.29 is 14.6 Å². The van der Waals surface area contributed by atoms with Crippen molar-refractivity contribution in [3.05, 3.63) is 66.0 Å². The number of nitrogens with one attached hydrogen (secondary N) is 1. The van der Waals surface area contributed by atoms with Crippen LogP contribution in [0.4, 0.5) is 15.8 Å². The second-order valence-corrected chi connectivity index (χ2v) is 7.70. The van der Waals surface area contributed by atoms with Gasteiger partial charge in [-0.2, -0.15) is 0 Å². The molecule has 9 heteroatoms. The Morgan fingerprint density at radius 3 is 2.57 bits per heavy atom. The third kappa shape index (κ3) is 3.69. The van der Waals surface area contributed by atoms with E-state index < -0.39 is 17.3 Å². The van der Waals surface area contributed by atoms with Crippen LogP contribution >= 0.6 is 22.6 Å². The van der Waals surface area contributed by atoms with E-state index in [0.717, 1.165) is 0 Å². The van der Waals surface area contributed by atoms with Gasteiger partial charge in [-0.15, -0.1) is 0 Å². The minimum atomic E-state index is -1.16. The molecule has 0 spiro atoms. The molecule has 2 heterocycles. The third-order valence-corrected chi connectivity index (χ3v) is 5.20. The van der Waals surface area contributed by atoms with E-state index in [4.69, 9.17) is 5.11 Å². The van der Waals surface area contributed by atoms with E-state index >= 15 is 0 Å². The van der Waals surface area contributed by atoms with Gasteiger partial charge in [-0.3, -0.25) is 14.2 Å². The van der Waals surface area contributed by atoms with Gasteiger partial charge in [0.1, 0.15) is 11.5 Å². The highest BCUT2D eigenvalue weighted by molar-refractivity contribution is 14.1. The lowest BCUT2D eigenvalue weighted by molar-refractivity contribution is 0.133. The Morgan fingerprint density at radius 2 is 1.93 bits per heavy atom. The van der Waals surface area contributed by atoms with Crippen molar-refractivity contribution in [1.82, 2.24) is 9.13 Å². The normalized spacial score (nSPS) is 12.4. The first-order valence-electron chi connectivity index (χ1n) is 8.49. The summed E-state index contributed by atoms with van der Waals surface area (Å²) in [6.45, 7) is -0.283. The van der Waals surface area contributed by atoms with Gasteiger partial charge in [-0.05, 0) is 40.8 Å². The lowest BCUT2D eigenvalue weighted by Crippen LogP contribution is -2.26. The summed E-state index contributed by atoms with van der Waals surface area (Å²) in [6.07, 6.45) is 0.286. The number of aliphatic hydroxyl groups excluding tert-OH is 2. The SMILES string of the molecule is Cn1cc([C@@H](O)CCO)c(=O)c2c(Nc3ccc(I)cc3F)cc(=O)n(C)c21. The fraction of sp³-hybridized carbons (Fsp3) is 0.263. The van der Waals surface area contributed by atoms with Crippen molar-refractivity contribution in [3.8, 4) is 0 Å². The van der Waals surface area contributed by atoms with Gasteiger partial charge < -0.3 is 20.1 Å². The molecule has 2 aromatic heterocycles. The summed E-state index contributed by atoms with van der Waals surface area (Å²) < 4.78 is 17.9. The van der Waals surface area contributed by atoms with E-state index in [1.165, 1.54) is 36.0 Å². The zero-order valence-electron chi connectivity index (χ0n) is 15.2. The highest BCUT2D eigenvalue weighted by Crippen LogP contribution is 2.26. The van der Waals surface area contributed by atoms with Crippen LogP contribution in [0.3, 0.4) is 0 Å². The quantitative estimate of drug-likeness (QED) is 0.468. The highest BCUT2D eigenvalue weighted by Gasteiger charge is 2.20. The first-order valence-corrected chi connectivity index (χ1v) is 9.56. The zero-order valence-corrected chi connectivity index (χ0v) is 17.4. The second kappa shape index (κ2) is 8.02. The molecule has 1 atom stereocenters. The van der Waals surface area contributed by atoms with Gasteiger partial charge in [-0.25, -0.2) is 4.39 Å². The number of fused-ring (bicyclic) bond motifs is 1. The first-order chi connectivity index (χ1) is 13.2. The minimum Gasteiger partial charge on any atom is -0.396 e. The molecule has 0 fully saturated rings. The number of anilines is 2. The van der Waals surface area contributed by atoms with Crippen molar-refractivity contribution in [2.75, 3.05) is 11.9 Å². The molecule has 0 bridgehead atoms. The number of hydrogen-bond acceptors (Lipinski definition) is 5. The van der Waals surface area contributed by atoms with Gasteiger partial charge in [-0.1, -0.05) is 0 Å². The lowest BCUT2D eigenvalue weighted by Gasteiger charge is -2.18. The van der Waals surface area contributed by atoms with Crippen molar-refractivity contribution in [3.63, 3.8) is 0 Å². The number of aromatic nitrogens is 2. The fourth-order valence-corrected chi connectivity index (χ4v) is 3.60. The largest absolute Gasteiger partial charge is 0.396 e. The van der Waals surface area contributed by atoms with Crippen LogP contribution in [0.1, 0.15) is 18.1 Å². The lowest BCUT2D eigenvalue weighted by atomic mass is 10.1. The average molecular weight is 499 g/mol. The van der Waals surface area contributed by atoms with Crippen molar-refractivity contribution >= 4 is 45.0 Å². The Bertz CT molecular complexity index is 1170. The number of pyridine rings is 2. The molecule has 0 saturated heterocycles. The van der Waals surface area contributed by atoms with Crippen LogP contribution in [-0.4, -0.2) is 26.0 Å². The molecule has 0 aliphatic carbocycles. The van der Waals surface area contributed by atoms with E-state index in [0.29, 0.717) is 9.22 Å². The number of aryl methyl sites for hydroxylation is 2. The summed E-state index contributed by atoms with van der Waals surface area (Å²) in [4.78, 5) is 25.5. The Morgan fingerprint density at radius 1 is 1.21 bits per heavy atom. The van der Waals surface area contributed by atoms with Crippen LogP contribution in [0.5, 0.6) is 0 Å². The molecule has 0 unspecified atom stereocenters. The van der Waals surface area contributed by atoms with Gasteiger partial charge in [0.25, 0.3) is 5.56 Å². The monoisotopic (exact) mass is 499 g/mol. The Labute approximate surface area is 173 Å². The fourth-order valence-electron chi connectivity index (χ4n) is 3.14. The molecule has 0 aliphatic heterocycles. The van der Waals surface area contributed by atoms with Gasteiger partial charge in [0, 0.05) is 48.5 Å². The van der Waals surface area contributed by atoms with E-state index in [9.17, 15) is 19.1 Å². The first kappa shape index (κ1) is 20.5. The molecule has 0 radical (unpaired) electrons. The molecule has 3 N–H and O–H groups in total. The summed E-state index contributed by atoms with van der Waals surface area (Å²) in [5, 5.41) is 22.3. The van der Waals surface area contributed by atoms with Crippen molar-refractivity contribution in [2.45, 2.75) is 12.5 Å². The van der Waals surface area contributed by atoms with Crippen molar-refractivity contribution in [2.24, 2.45) is 14.1 Å². The average Bonchev–Trinajstić information content (AvgIpc) is 2.63. The molecule has 3 rings (SSSR count). The second-order valence-electron chi connectivity index (χ2n) is 6.46. The van der Waals surface area contributed by atoms with Crippen LogP contribution in [0.25, 0.3) is 11.0 Å². The van der Waals surface area contributed by atoms with Gasteiger partial charge >= 0.3 is 0 Å². The number of benzene rings is 1. The summed E-state index contributed by atoms with van der Waals surface area (Å²) in [6, 6.07) is 5.78. The van der Waals surface area contributed by atoms with Crippen LogP contribution in [-0.2, 0) is 14.1 Å². The summed E-state index contributed by atoms with van der Waals surface area (Å²) >= 11 is 1.98. The van der Waals surface area contributed by atoms with E-state index in [2.05, 4.69) is 5.32 Å². The summed E-state index contributed by atoms with van der Waals surface area (Å²) in [5.41, 5.74) is -0.174. The Kier molecular flexibility index (Phi) is 5.87. The number of nitrogens with zero attached hydrogens (tertiary/aromatic N) is 2. The maximum atomic E-state index is 14.3. The highest BCUT2D eigenvalue weighted by atomic mass is 127. The molecular weight excluding hydrogens is 480 g/mol. The molecule has 0 aliphatic rings. The smallest absolute Gasteiger partial charge is 0.253 e. The topological polar surface area (TPSA) is 96.5 Å². The van der Waals surface area contributed by atoms with Crippen LogP contribution < -0.4 is 16.3 Å². The number of halogens is 2. The molecule has 0 saturated carbocycles. The molecule has 0 amide bonds. The van der Waals surface area contributed by atoms with E-state index in [1.807, 2.05) is 22.6 Å². The summed E-state index contributed by atoms with van der Waals surface area (Å²) in [5.74, 6) is -0.519.